The number of aryl methyl sites for hydroxylation is 1. The van der Waals surface area contributed by atoms with Crippen LogP contribution in [-0.4, -0.2) is 17.4 Å². The molecular weight excluding hydrogens is 326 g/mol. The lowest BCUT2D eigenvalue weighted by Gasteiger charge is -2.31. The van der Waals surface area contributed by atoms with Crippen molar-refractivity contribution in [2.45, 2.75) is 33.6 Å². The number of benzene rings is 1. The number of nitrogens with zero attached hydrogens (tertiary/aromatic N) is 2. The Morgan fingerprint density at radius 3 is 2.73 bits per heavy atom. The molecule has 1 N–H and O–H groups in total. The zero-order valence-corrected chi connectivity index (χ0v) is 15.4. The normalized spacial score (nSPS) is 15.7. The first-order chi connectivity index (χ1) is 12.5. The summed E-state index contributed by atoms with van der Waals surface area (Å²) in [5.41, 5.74) is 5.80. The number of hydrogen-bond donors (Lipinski definition) is 1. The number of Topliss-reactive ketones (excluding diaryl/α,β-unsaturated/α-hetero) is 1. The number of carbonyl (C=O) groups excluding carboxylic acids is 1. The van der Waals surface area contributed by atoms with Crippen LogP contribution in [0, 0.1) is 18.3 Å². The molecule has 0 bridgehead atoms. The summed E-state index contributed by atoms with van der Waals surface area (Å²) in [5.74, 6) is 0.241. The van der Waals surface area contributed by atoms with E-state index in [9.17, 15) is 4.79 Å². The van der Waals surface area contributed by atoms with Gasteiger partial charge in [0.05, 0.1) is 18.2 Å². The predicted octanol–water partition coefficient (Wildman–Crippen LogP) is 4.08. The molecule has 0 radical (unpaired) electrons. The average Bonchev–Trinajstić information content (AvgIpc) is 2.60. The van der Waals surface area contributed by atoms with Gasteiger partial charge in [0.1, 0.15) is 0 Å². The molecule has 2 aromatic rings. The maximum atomic E-state index is 12.5. The summed E-state index contributed by atoms with van der Waals surface area (Å²) in [6, 6.07) is 9.61. The van der Waals surface area contributed by atoms with Crippen LogP contribution in [0.25, 0.3) is 0 Å². The third kappa shape index (κ3) is 2.95. The molecule has 1 aromatic carbocycles. The Morgan fingerprint density at radius 1 is 1.35 bits per heavy atom. The summed E-state index contributed by atoms with van der Waals surface area (Å²) in [5, 5.41) is 12.5. The number of anilines is 1. The van der Waals surface area contributed by atoms with E-state index in [0.29, 0.717) is 23.6 Å². The average molecular weight is 347 g/mol. The minimum absolute atomic E-state index is 0.000659. The largest absolute Gasteiger partial charge is 0.478 e. The Morgan fingerprint density at radius 2 is 2.12 bits per heavy atom. The van der Waals surface area contributed by atoms with E-state index in [-0.39, 0.29) is 11.7 Å². The van der Waals surface area contributed by atoms with Gasteiger partial charge in [-0.15, -0.1) is 0 Å². The van der Waals surface area contributed by atoms with Crippen LogP contribution < -0.4 is 10.1 Å². The third-order valence-electron chi connectivity index (χ3n) is 4.63. The summed E-state index contributed by atoms with van der Waals surface area (Å²) in [6.07, 6.45) is 1.70. The SMILES string of the molecule is CCOc1nccc2c1C(c1ccc(C#N)cc1C)C(C(C)=O)=C(C)N2. The van der Waals surface area contributed by atoms with E-state index in [1.165, 1.54) is 0 Å². The molecule has 0 spiro atoms. The Labute approximate surface area is 153 Å². The maximum Gasteiger partial charge on any atom is 0.219 e. The monoisotopic (exact) mass is 347 g/mol. The van der Waals surface area contributed by atoms with E-state index in [1.54, 1.807) is 19.2 Å². The highest BCUT2D eigenvalue weighted by Gasteiger charge is 2.34. The van der Waals surface area contributed by atoms with Gasteiger partial charge in [0.15, 0.2) is 5.78 Å². The molecule has 132 valence electrons. The molecule has 3 rings (SSSR count). The first-order valence-corrected chi connectivity index (χ1v) is 8.59. The molecule has 1 unspecified atom stereocenters. The molecule has 1 aliphatic heterocycles. The third-order valence-corrected chi connectivity index (χ3v) is 4.63. The second-order valence-corrected chi connectivity index (χ2v) is 6.35. The number of aromatic nitrogens is 1. The van der Waals surface area contributed by atoms with Crippen LogP contribution in [0.5, 0.6) is 5.88 Å². The molecule has 5 nitrogen and oxygen atoms in total. The molecule has 0 amide bonds. The molecule has 0 saturated heterocycles. The summed E-state index contributed by atoms with van der Waals surface area (Å²) in [7, 11) is 0. The van der Waals surface area contributed by atoms with Crippen LogP contribution in [-0.2, 0) is 4.79 Å². The van der Waals surface area contributed by atoms with Crippen LogP contribution in [0.1, 0.15) is 48.9 Å². The standard InChI is InChI=1S/C21H21N3O2/c1-5-26-21-20-17(8-9-23-21)24-13(3)18(14(4)25)19(20)16-7-6-15(11-22)10-12(16)2/h6-10,19,24H,5H2,1-4H3. The van der Waals surface area contributed by atoms with E-state index in [0.717, 1.165) is 28.1 Å². The van der Waals surface area contributed by atoms with E-state index in [2.05, 4.69) is 16.4 Å². The zero-order valence-electron chi connectivity index (χ0n) is 15.4. The Hall–Kier alpha value is -3.13. The first-order valence-electron chi connectivity index (χ1n) is 8.59. The van der Waals surface area contributed by atoms with Gasteiger partial charge in [-0.05, 0) is 57.0 Å². The molecule has 5 heteroatoms. The number of carbonyl (C=O) groups is 1. The van der Waals surface area contributed by atoms with Crippen LogP contribution >= 0.6 is 0 Å². The fraction of sp³-hybridized carbons (Fsp3) is 0.286. The van der Waals surface area contributed by atoms with Crippen LogP contribution in [0.4, 0.5) is 5.69 Å². The molecule has 1 aromatic heterocycles. The summed E-state index contributed by atoms with van der Waals surface area (Å²) < 4.78 is 5.77. The highest BCUT2D eigenvalue weighted by molar-refractivity contribution is 5.98. The molecule has 0 aliphatic carbocycles. The number of nitrogens with one attached hydrogen (secondary N) is 1. The van der Waals surface area contributed by atoms with E-state index in [4.69, 9.17) is 10.00 Å². The highest BCUT2D eigenvalue weighted by Crippen LogP contribution is 2.46. The van der Waals surface area contributed by atoms with Gasteiger partial charge in [0.2, 0.25) is 5.88 Å². The van der Waals surface area contributed by atoms with Gasteiger partial charge in [-0.2, -0.15) is 5.26 Å². The summed E-state index contributed by atoms with van der Waals surface area (Å²) in [6.45, 7) is 7.84. The number of allylic oxidation sites excluding steroid dienone is 2. The Balaban J connectivity index is 2.30. The van der Waals surface area contributed by atoms with E-state index >= 15 is 0 Å². The maximum absolute atomic E-state index is 12.5. The predicted molar refractivity (Wildman–Crippen MR) is 100 cm³/mol. The molecule has 0 fully saturated rings. The quantitative estimate of drug-likeness (QED) is 0.902. The van der Waals surface area contributed by atoms with Gasteiger partial charge in [-0.1, -0.05) is 6.07 Å². The summed E-state index contributed by atoms with van der Waals surface area (Å²) in [4.78, 5) is 16.9. The minimum Gasteiger partial charge on any atom is -0.478 e. The Bertz CT molecular complexity index is 954. The van der Waals surface area contributed by atoms with Crippen molar-refractivity contribution in [3.63, 3.8) is 0 Å². The van der Waals surface area contributed by atoms with Crippen molar-refractivity contribution in [3.8, 4) is 11.9 Å². The van der Waals surface area contributed by atoms with Crippen LogP contribution in [0.15, 0.2) is 41.7 Å². The van der Waals surface area contributed by atoms with Gasteiger partial charge in [0, 0.05) is 34.6 Å². The smallest absolute Gasteiger partial charge is 0.219 e. The molecular formula is C21H21N3O2. The fourth-order valence-corrected chi connectivity index (χ4v) is 3.57. The number of rotatable bonds is 4. The van der Waals surface area contributed by atoms with Crippen LogP contribution in [0.2, 0.25) is 0 Å². The summed E-state index contributed by atoms with van der Waals surface area (Å²) >= 11 is 0. The molecule has 2 heterocycles. The lowest BCUT2D eigenvalue weighted by molar-refractivity contribution is -0.113. The Kier molecular flexibility index (Phi) is 4.77. The van der Waals surface area contributed by atoms with E-state index in [1.807, 2.05) is 39.0 Å². The van der Waals surface area contributed by atoms with Gasteiger partial charge in [0.25, 0.3) is 0 Å². The first kappa shape index (κ1) is 17.7. The van der Waals surface area contributed by atoms with Gasteiger partial charge >= 0.3 is 0 Å². The van der Waals surface area contributed by atoms with Gasteiger partial charge < -0.3 is 10.1 Å². The molecule has 1 aliphatic rings. The minimum atomic E-state index is -0.285. The van der Waals surface area contributed by atoms with Crippen molar-refractivity contribution in [1.82, 2.24) is 4.98 Å². The van der Waals surface area contributed by atoms with Crippen molar-refractivity contribution in [1.29, 1.82) is 5.26 Å². The van der Waals surface area contributed by atoms with Crippen molar-refractivity contribution in [3.05, 3.63) is 64.0 Å². The fourth-order valence-electron chi connectivity index (χ4n) is 3.57. The van der Waals surface area contributed by atoms with Crippen LogP contribution in [0.3, 0.4) is 0 Å². The van der Waals surface area contributed by atoms with E-state index < -0.39 is 0 Å². The molecule has 0 saturated carbocycles. The van der Waals surface area contributed by atoms with Gasteiger partial charge in [-0.3, -0.25) is 4.79 Å². The number of ether oxygens (including phenoxy) is 1. The number of pyridine rings is 1. The molecule has 26 heavy (non-hydrogen) atoms. The zero-order chi connectivity index (χ0) is 18.8. The second-order valence-electron chi connectivity index (χ2n) is 6.35. The number of ketones is 1. The van der Waals surface area contributed by atoms with Gasteiger partial charge in [-0.25, -0.2) is 4.98 Å². The lowest BCUT2D eigenvalue weighted by atomic mass is 9.78. The van der Waals surface area contributed by atoms with Crippen molar-refractivity contribution < 1.29 is 9.53 Å². The topological polar surface area (TPSA) is 75.0 Å². The second kappa shape index (κ2) is 7.01. The van der Waals surface area contributed by atoms with Crippen molar-refractivity contribution in [2.75, 3.05) is 11.9 Å². The lowest BCUT2D eigenvalue weighted by Crippen LogP contribution is -2.23. The molecule has 1 atom stereocenters. The van der Waals surface area contributed by atoms with Crippen molar-refractivity contribution >= 4 is 11.5 Å². The number of hydrogen-bond acceptors (Lipinski definition) is 5. The highest BCUT2D eigenvalue weighted by atomic mass is 16.5. The number of nitriles is 1. The number of fused-ring (bicyclic) bond motifs is 1. The van der Waals surface area contributed by atoms with Crippen molar-refractivity contribution in [2.24, 2.45) is 0 Å².